The van der Waals surface area contributed by atoms with Gasteiger partial charge >= 0.3 is 6.03 Å². The van der Waals surface area contributed by atoms with E-state index in [4.69, 9.17) is 10.5 Å². The average molecular weight is 345 g/mol. The minimum absolute atomic E-state index is 0.398. The van der Waals surface area contributed by atoms with Crippen molar-refractivity contribution in [3.05, 3.63) is 45.8 Å². The molecular weight excluding hydrogens is 326 g/mol. The maximum Gasteiger partial charge on any atom is 0.324 e. The Labute approximate surface area is 144 Å². The van der Waals surface area contributed by atoms with Gasteiger partial charge in [-0.1, -0.05) is 19.1 Å². The van der Waals surface area contributed by atoms with Crippen LogP contribution in [0.5, 0.6) is 0 Å². The van der Waals surface area contributed by atoms with E-state index in [-0.39, 0.29) is 0 Å². The second-order valence-corrected chi connectivity index (χ2v) is 6.61. The molecule has 0 saturated carbocycles. The van der Waals surface area contributed by atoms with Crippen LogP contribution in [0.1, 0.15) is 33.3 Å². The van der Waals surface area contributed by atoms with Gasteiger partial charge in [0.15, 0.2) is 0 Å². The van der Waals surface area contributed by atoms with Gasteiger partial charge in [-0.2, -0.15) is 0 Å². The summed E-state index contributed by atoms with van der Waals surface area (Å²) in [6.45, 7) is 3.05. The molecule has 4 N–H and O–H groups in total. The molecule has 0 aliphatic carbocycles. The third-order valence-corrected chi connectivity index (χ3v) is 5.01. The van der Waals surface area contributed by atoms with Gasteiger partial charge in [-0.15, -0.1) is 11.3 Å². The van der Waals surface area contributed by atoms with E-state index in [0.717, 1.165) is 22.4 Å². The second kappa shape index (κ2) is 7.02. The van der Waals surface area contributed by atoms with Crippen LogP contribution in [-0.4, -0.2) is 18.5 Å². The number of nitrogens with one attached hydrogen (secondary N) is 2. The Morgan fingerprint density at radius 3 is 2.92 bits per heavy atom. The van der Waals surface area contributed by atoms with Crippen LogP contribution in [0.4, 0.5) is 15.5 Å². The molecule has 24 heavy (non-hydrogen) atoms. The lowest BCUT2D eigenvalue weighted by Crippen LogP contribution is -2.22. The van der Waals surface area contributed by atoms with Gasteiger partial charge < -0.3 is 15.8 Å². The monoisotopic (exact) mass is 345 g/mol. The summed E-state index contributed by atoms with van der Waals surface area (Å²) in [5.74, 6) is -0.530. The number of benzene rings is 1. The van der Waals surface area contributed by atoms with Gasteiger partial charge in [0.1, 0.15) is 5.00 Å². The number of rotatable bonds is 4. The Bertz CT molecular complexity index is 785. The van der Waals surface area contributed by atoms with E-state index in [0.29, 0.717) is 35.9 Å². The third kappa shape index (κ3) is 3.42. The van der Waals surface area contributed by atoms with E-state index in [1.807, 2.05) is 24.3 Å². The maximum absolute atomic E-state index is 12.3. The highest BCUT2D eigenvalue weighted by Gasteiger charge is 2.25. The Balaban J connectivity index is 1.79. The summed E-state index contributed by atoms with van der Waals surface area (Å²) in [5, 5.41) is 6.01. The minimum atomic E-state index is -0.530. The Kier molecular flexibility index (Phi) is 4.82. The molecule has 1 aromatic heterocycles. The molecule has 7 heteroatoms. The summed E-state index contributed by atoms with van der Waals surface area (Å²) >= 11 is 1.34. The molecule has 3 rings (SSSR count). The summed E-state index contributed by atoms with van der Waals surface area (Å²) in [7, 11) is 0. The Morgan fingerprint density at radius 2 is 2.17 bits per heavy atom. The Hall–Kier alpha value is -2.38. The van der Waals surface area contributed by atoms with Crippen molar-refractivity contribution in [2.24, 2.45) is 5.73 Å². The van der Waals surface area contributed by atoms with Crippen LogP contribution in [0.25, 0.3) is 0 Å². The SMILES string of the molecule is CCc1cccc(NC(=O)Nc2sc3c(c2C(N)=O)CCOC3)c1. The van der Waals surface area contributed by atoms with Crippen molar-refractivity contribution < 1.29 is 14.3 Å². The summed E-state index contributed by atoms with van der Waals surface area (Å²) in [6, 6.07) is 7.24. The van der Waals surface area contributed by atoms with E-state index in [1.54, 1.807) is 0 Å². The zero-order valence-electron chi connectivity index (χ0n) is 13.3. The number of amides is 3. The quantitative estimate of drug-likeness (QED) is 0.795. The van der Waals surface area contributed by atoms with Gasteiger partial charge in [0.25, 0.3) is 5.91 Å². The fraction of sp³-hybridized carbons (Fsp3) is 0.294. The molecule has 0 bridgehead atoms. The Morgan fingerprint density at radius 1 is 1.33 bits per heavy atom. The van der Waals surface area contributed by atoms with Crippen molar-refractivity contribution in [2.45, 2.75) is 26.4 Å². The summed E-state index contributed by atoms with van der Waals surface area (Å²) in [4.78, 5) is 25.0. The van der Waals surface area contributed by atoms with Gasteiger partial charge in [0, 0.05) is 10.6 Å². The molecule has 0 atom stereocenters. The minimum Gasteiger partial charge on any atom is -0.376 e. The smallest absolute Gasteiger partial charge is 0.324 e. The molecule has 0 unspecified atom stereocenters. The van der Waals surface area contributed by atoms with Crippen molar-refractivity contribution in [3.8, 4) is 0 Å². The van der Waals surface area contributed by atoms with Gasteiger partial charge in [-0.05, 0) is 36.1 Å². The van der Waals surface area contributed by atoms with E-state index in [2.05, 4.69) is 17.6 Å². The predicted octanol–water partition coefficient (Wildman–Crippen LogP) is 3.13. The van der Waals surface area contributed by atoms with Crippen molar-refractivity contribution in [1.82, 2.24) is 0 Å². The molecule has 6 nitrogen and oxygen atoms in total. The molecule has 1 aromatic carbocycles. The van der Waals surface area contributed by atoms with Gasteiger partial charge in [0.2, 0.25) is 0 Å². The fourth-order valence-corrected chi connectivity index (χ4v) is 3.90. The van der Waals surface area contributed by atoms with Crippen molar-refractivity contribution in [2.75, 3.05) is 17.2 Å². The molecule has 0 saturated heterocycles. The van der Waals surface area contributed by atoms with E-state index in [9.17, 15) is 9.59 Å². The lowest BCUT2D eigenvalue weighted by molar-refractivity contribution is 0.0991. The van der Waals surface area contributed by atoms with E-state index >= 15 is 0 Å². The number of fused-ring (bicyclic) bond motifs is 1. The highest BCUT2D eigenvalue weighted by molar-refractivity contribution is 7.17. The topological polar surface area (TPSA) is 93.5 Å². The number of ether oxygens (including phenoxy) is 1. The summed E-state index contributed by atoms with van der Waals surface area (Å²) in [5.41, 5.74) is 8.63. The largest absolute Gasteiger partial charge is 0.376 e. The van der Waals surface area contributed by atoms with Crippen LogP contribution in [-0.2, 0) is 24.2 Å². The second-order valence-electron chi connectivity index (χ2n) is 5.51. The van der Waals surface area contributed by atoms with Crippen LogP contribution in [0, 0.1) is 0 Å². The van der Waals surface area contributed by atoms with Gasteiger partial charge in [-0.3, -0.25) is 10.1 Å². The molecule has 1 aliphatic heterocycles. The van der Waals surface area contributed by atoms with Crippen LogP contribution in [0.3, 0.4) is 0 Å². The van der Waals surface area contributed by atoms with Crippen LogP contribution in [0.2, 0.25) is 0 Å². The van der Waals surface area contributed by atoms with Crippen molar-refractivity contribution in [1.29, 1.82) is 0 Å². The molecule has 0 spiro atoms. The fourth-order valence-electron chi connectivity index (χ4n) is 2.72. The summed E-state index contributed by atoms with van der Waals surface area (Å²) < 4.78 is 5.40. The van der Waals surface area contributed by atoms with Gasteiger partial charge in [-0.25, -0.2) is 4.79 Å². The van der Waals surface area contributed by atoms with Crippen LogP contribution >= 0.6 is 11.3 Å². The van der Waals surface area contributed by atoms with E-state index < -0.39 is 11.9 Å². The normalized spacial score (nSPS) is 13.2. The van der Waals surface area contributed by atoms with Gasteiger partial charge in [0.05, 0.1) is 18.8 Å². The molecule has 2 heterocycles. The zero-order chi connectivity index (χ0) is 17.1. The number of nitrogens with two attached hydrogens (primary N) is 1. The first-order valence-electron chi connectivity index (χ1n) is 7.77. The molecule has 0 radical (unpaired) electrons. The first-order valence-corrected chi connectivity index (χ1v) is 8.59. The number of anilines is 2. The third-order valence-electron chi connectivity index (χ3n) is 3.89. The lowest BCUT2D eigenvalue weighted by atomic mass is 10.1. The number of hydrogen-bond donors (Lipinski definition) is 3. The first kappa shape index (κ1) is 16.5. The molecular formula is C17H19N3O3S. The molecule has 0 fully saturated rings. The number of hydrogen-bond acceptors (Lipinski definition) is 4. The van der Waals surface area contributed by atoms with Crippen LogP contribution in [0.15, 0.2) is 24.3 Å². The molecule has 3 amide bonds. The van der Waals surface area contributed by atoms with E-state index in [1.165, 1.54) is 11.3 Å². The number of aryl methyl sites for hydroxylation is 1. The molecule has 126 valence electrons. The molecule has 1 aliphatic rings. The standard InChI is InChI=1S/C17H19N3O3S/c1-2-10-4-3-5-11(8-10)19-17(22)20-16-14(15(18)21)12-6-7-23-9-13(12)24-16/h3-5,8H,2,6-7,9H2,1H3,(H2,18,21)(H2,19,20,22). The predicted molar refractivity (Wildman–Crippen MR) is 94.7 cm³/mol. The number of carbonyl (C=O) groups is 2. The lowest BCUT2D eigenvalue weighted by Gasteiger charge is -2.12. The van der Waals surface area contributed by atoms with Crippen LogP contribution < -0.4 is 16.4 Å². The summed E-state index contributed by atoms with van der Waals surface area (Å²) in [6.07, 6.45) is 1.52. The van der Waals surface area contributed by atoms with Crippen molar-refractivity contribution >= 4 is 34.0 Å². The molecule has 2 aromatic rings. The van der Waals surface area contributed by atoms with Crippen molar-refractivity contribution in [3.63, 3.8) is 0 Å². The highest BCUT2D eigenvalue weighted by Crippen LogP contribution is 2.36. The number of primary amides is 1. The average Bonchev–Trinajstić information content (AvgIpc) is 2.92. The highest BCUT2D eigenvalue weighted by atomic mass is 32.1. The maximum atomic E-state index is 12.3. The first-order chi connectivity index (χ1) is 11.6. The zero-order valence-corrected chi connectivity index (χ0v) is 14.2. The number of urea groups is 1. The number of carbonyl (C=O) groups excluding carboxylic acids is 2. The number of thiophene rings is 1.